The first-order valence-corrected chi connectivity index (χ1v) is 10.6. The highest BCUT2D eigenvalue weighted by molar-refractivity contribution is 6.01. The number of methoxy groups -OCH3 is 1. The van der Waals surface area contributed by atoms with E-state index >= 15 is 0 Å². The Bertz CT molecular complexity index is 903. The quantitative estimate of drug-likeness (QED) is 0.638. The summed E-state index contributed by atoms with van der Waals surface area (Å²) in [5.74, 6) is 0.0558. The van der Waals surface area contributed by atoms with Crippen LogP contribution in [-0.4, -0.2) is 54.6 Å². The number of amides is 3. The molecule has 0 bridgehead atoms. The van der Waals surface area contributed by atoms with E-state index in [4.69, 9.17) is 14.2 Å². The summed E-state index contributed by atoms with van der Waals surface area (Å²) < 4.78 is 16.9. The lowest BCUT2D eigenvalue weighted by Crippen LogP contribution is -2.51. The van der Waals surface area contributed by atoms with E-state index in [9.17, 15) is 14.4 Å². The van der Waals surface area contributed by atoms with Crippen LogP contribution in [-0.2, 0) is 14.3 Å². The molecule has 3 rings (SSSR count). The van der Waals surface area contributed by atoms with E-state index < -0.39 is 23.9 Å². The second-order valence-electron chi connectivity index (χ2n) is 7.79. The molecule has 8 nitrogen and oxygen atoms in total. The number of carbonyl (C=O) groups is 3. The molecule has 8 heteroatoms. The Morgan fingerprint density at radius 3 is 2.42 bits per heavy atom. The Morgan fingerprint density at radius 1 is 1.16 bits per heavy atom. The standard InChI is InChI=1S/C23H30N2O6/c1-6-30-22(27)20-14(2)24(4)23(28)25(15(3)26)21(20)16-11-12-18(29-5)19(13-16)31-17-9-7-8-10-17/h11-13,17,21H,6-10H2,1-5H3. The number of ether oxygens (including phenoxy) is 3. The van der Waals surface area contributed by atoms with Crippen molar-refractivity contribution in [2.75, 3.05) is 20.8 Å². The summed E-state index contributed by atoms with van der Waals surface area (Å²) in [5.41, 5.74) is 1.27. The molecule has 0 spiro atoms. The molecule has 2 aliphatic rings. The van der Waals surface area contributed by atoms with Crippen molar-refractivity contribution in [2.45, 2.75) is 58.6 Å². The first-order valence-electron chi connectivity index (χ1n) is 10.6. The average Bonchev–Trinajstić information content (AvgIpc) is 3.24. The summed E-state index contributed by atoms with van der Waals surface area (Å²) in [5, 5.41) is 0. The molecule has 168 valence electrons. The van der Waals surface area contributed by atoms with Gasteiger partial charge in [-0.25, -0.2) is 9.59 Å². The molecule has 0 N–H and O–H groups in total. The van der Waals surface area contributed by atoms with E-state index in [2.05, 4.69) is 0 Å². The lowest BCUT2D eigenvalue weighted by atomic mass is 9.92. The van der Waals surface area contributed by atoms with Crippen molar-refractivity contribution < 1.29 is 28.6 Å². The summed E-state index contributed by atoms with van der Waals surface area (Å²) in [7, 11) is 3.09. The predicted octanol–water partition coefficient (Wildman–Crippen LogP) is 3.81. The highest BCUT2D eigenvalue weighted by Crippen LogP contribution is 2.41. The largest absolute Gasteiger partial charge is 0.493 e. The van der Waals surface area contributed by atoms with E-state index in [1.807, 2.05) is 0 Å². The third kappa shape index (κ3) is 4.38. The number of hydrogen-bond acceptors (Lipinski definition) is 6. The van der Waals surface area contributed by atoms with Crippen molar-refractivity contribution in [3.8, 4) is 11.5 Å². The second kappa shape index (κ2) is 9.41. The number of imide groups is 1. The maximum absolute atomic E-state index is 13.0. The topological polar surface area (TPSA) is 85.4 Å². The Hall–Kier alpha value is -3.03. The summed E-state index contributed by atoms with van der Waals surface area (Å²) in [6.45, 7) is 4.87. The monoisotopic (exact) mass is 430 g/mol. The van der Waals surface area contributed by atoms with Crippen molar-refractivity contribution in [1.82, 2.24) is 9.80 Å². The number of esters is 1. The number of benzene rings is 1. The Morgan fingerprint density at radius 2 is 1.84 bits per heavy atom. The van der Waals surface area contributed by atoms with Gasteiger partial charge in [-0.05, 0) is 57.2 Å². The van der Waals surface area contributed by atoms with Crippen molar-refractivity contribution in [1.29, 1.82) is 0 Å². The molecule has 0 radical (unpaired) electrons. The second-order valence-corrected chi connectivity index (χ2v) is 7.79. The zero-order valence-corrected chi connectivity index (χ0v) is 18.8. The molecule has 3 amide bonds. The molecule has 1 unspecified atom stereocenters. The third-order valence-electron chi connectivity index (χ3n) is 5.85. The molecule has 1 atom stereocenters. The molecule has 1 fully saturated rings. The van der Waals surface area contributed by atoms with E-state index in [1.54, 1.807) is 39.2 Å². The molecule has 1 heterocycles. The predicted molar refractivity (Wildman–Crippen MR) is 114 cm³/mol. The zero-order chi connectivity index (χ0) is 22.7. The maximum atomic E-state index is 13.0. The Labute approximate surface area is 182 Å². The van der Waals surface area contributed by atoms with Gasteiger partial charge in [-0.3, -0.25) is 9.69 Å². The minimum absolute atomic E-state index is 0.0917. The molecule has 1 saturated carbocycles. The fourth-order valence-electron chi connectivity index (χ4n) is 4.16. The number of urea groups is 1. The van der Waals surface area contributed by atoms with Crippen LogP contribution in [0.25, 0.3) is 0 Å². The normalized spacial score (nSPS) is 19.6. The van der Waals surface area contributed by atoms with Gasteiger partial charge in [0.25, 0.3) is 0 Å². The first-order chi connectivity index (χ1) is 14.8. The van der Waals surface area contributed by atoms with Crippen LogP contribution in [0.1, 0.15) is 58.1 Å². The van der Waals surface area contributed by atoms with Gasteiger partial charge < -0.3 is 19.1 Å². The lowest BCUT2D eigenvalue weighted by Gasteiger charge is -2.40. The number of carbonyl (C=O) groups excluding carboxylic acids is 3. The van der Waals surface area contributed by atoms with Crippen LogP contribution in [0.5, 0.6) is 11.5 Å². The number of rotatable bonds is 6. The SMILES string of the molecule is CCOC(=O)C1=C(C)N(C)C(=O)N(C(C)=O)C1c1ccc(OC)c(OC2CCCC2)c1. The molecular formula is C23H30N2O6. The van der Waals surface area contributed by atoms with E-state index in [-0.39, 0.29) is 18.3 Å². The van der Waals surface area contributed by atoms with Crippen LogP contribution in [0, 0.1) is 0 Å². The molecule has 0 aromatic heterocycles. The summed E-state index contributed by atoms with van der Waals surface area (Å²) >= 11 is 0. The highest BCUT2D eigenvalue weighted by Gasteiger charge is 2.43. The van der Waals surface area contributed by atoms with Gasteiger partial charge in [0.1, 0.15) is 6.04 Å². The van der Waals surface area contributed by atoms with Crippen molar-refractivity contribution >= 4 is 17.9 Å². The fraction of sp³-hybridized carbons (Fsp3) is 0.522. The van der Waals surface area contributed by atoms with Gasteiger partial charge in [0.2, 0.25) is 5.91 Å². The average molecular weight is 431 g/mol. The van der Waals surface area contributed by atoms with Crippen molar-refractivity contribution in [2.24, 2.45) is 0 Å². The lowest BCUT2D eigenvalue weighted by molar-refractivity contribution is -0.140. The number of allylic oxidation sites excluding steroid dienone is 1. The Balaban J connectivity index is 2.13. The Kier molecular flexibility index (Phi) is 6.87. The van der Waals surface area contributed by atoms with E-state index in [0.717, 1.165) is 30.6 Å². The van der Waals surface area contributed by atoms with Gasteiger partial charge >= 0.3 is 12.0 Å². The summed E-state index contributed by atoms with van der Waals surface area (Å²) in [6.07, 6.45) is 4.25. The fourth-order valence-corrected chi connectivity index (χ4v) is 4.16. The van der Waals surface area contributed by atoms with Gasteiger partial charge in [-0.15, -0.1) is 0 Å². The van der Waals surface area contributed by atoms with E-state index in [0.29, 0.717) is 22.8 Å². The minimum Gasteiger partial charge on any atom is -0.493 e. The minimum atomic E-state index is -0.919. The molecule has 1 aromatic carbocycles. The molecule has 0 saturated heterocycles. The molecule has 31 heavy (non-hydrogen) atoms. The van der Waals surface area contributed by atoms with Crippen LogP contribution >= 0.6 is 0 Å². The molecule has 1 aromatic rings. The van der Waals surface area contributed by atoms with Gasteiger partial charge in [0.15, 0.2) is 11.5 Å². The van der Waals surface area contributed by atoms with Gasteiger partial charge in [-0.2, -0.15) is 0 Å². The summed E-state index contributed by atoms with van der Waals surface area (Å²) in [6, 6.07) is 3.81. The number of hydrogen-bond donors (Lipinski definition) is 0. The van der Waals surface area contributed by atoms with Crippen LogP contribution in [0.2, 0.25) is 0 Å². The van der Waals surface area contributed by atoms with Crippen molar-refractivity contribution in [3.05, 3.63) is 35.0 Å². The molecular weight excluding hydrogens is 400 g/mol. The zero-order valence-electron chi connectivity index (χ0n) is 18.8. The highest BCUT2D eigenvalue weighted by atomic mass is 16.5. The van der Waals surface area contributed by atoms with Gasteiger partial charge in [0.05, 0.1) is 25.4 Å². The summed E-state index contributed by atoms with van der Waals surface area (Å²) in [4.78, 5) is 40.7. The molecule has 1 aliphatic carbocycles. The van der Waals surface area contributed by atoms with Crippen molar-refractivity contribution in [3.63, 3.8) is 0 Å². The number of nitrogens with zero attached hydrogens (tertiary/aromatic N) is 2. The van der Waals surface area contributed by atoms with Crippen LogP contribution in [0.3, 0.4) is 0 Å². The first kappa shape index (κ1) is 22.7. The smallest absolute Gasteiger partial charge is 0.338 e. The molecule has 1 aliphatic heterocycles. The third-order valence-corrected chi connectivity index (χ3v) is 5.85. The van der Waals surface area contributed by atoms with Crippen LogP contribution < -0.4 is 9.47 Å². The van der Waals surface area contributed by atoms with Crippen LogP contribution in [0.15, 0.2) is 29.5 Å². The van der Waals surface area contributed by atoms with Gasteiger partial charge in [-0.1, -0.05) is 6.07 Å². The van der Waals surface area contributed by atoms with Gasteiger partial charge in [0, 0.05) is 19.7 Å². The van der Waals surface area contributed by atoms with E-state index in [1.165, 1.54) is 18.9 Å². The van der Waals surface area contributed by atoms with Crippen LogP contribution in [0.4, 0.5) is 4.79 Å². The maximum Gasteiger partial charge on any atom is 0.338 e.